The molecule has 0 aliphatic rings. The van der Waals surface area contributed by atoms with Crippen LogP contribution >= 0.6 is 0 Å². The van der Waals surface area contributed by atoms with Gasteiger partial charge in [-0.15, -0.1) is 5.11 Å². The van der Waals surface area contributed by atoms with Gasteiger partial charge in [0.15, 0.2) is 5.82 Å². The number of esters is 2. The van der Waals surface area contributed by atoms with Crippen LogP contribution in [-0.4, -0.2) is 38.4 Å². The summed E-state index contributed by atoms with van der Waals surface area (Å²) in [5, 5.41) is 24.7. The summed E-state index contributed by atoms with van der Waals surface area (Å²) < 4.78 is 35.3. The second kappa shape index (κ2) is 17.8. The Morgan fingerprint density at radius 3 is 1.30 bits per heavy atom. The van der Waals surface area contributed by atoms with Crippen LogP contribution in [0.5, 0.6) is 11.5 Å². The average molecular weight is 637 g/mol. The fourth-order valence-corrected chi connectivity index (χ4v) is 3.51. The summed E-state index contributed by atoms with van der Waals surface area (Å²) in [6, 6.07) is 24.7. The van der Waals surface area contributed by atoms with Crippen LogP contribution < -0.4 is 9.47 Å². The van der Waals surface area contributed by atoms with E-state index >= 15 is 0 Å². The maximum absolute atomic E-state index is 14.6. The van der Waals surface area contributed by atoms with E-state index in [2.05, 4.69) is 43.8 Å². The van der Waals surface area contributed by atoms with Gasteiger partial charge in [0, 0.05) is 18.2 Å². The quantitative estimate of drug-likeness (QED) is 0.0518. The molecule has 0 saturated carbocycles. The summed E-state index contributed by atoms with van der Waals surface area (Å²) >= 11 is 0. The van der Waals surface area contributed by atoms with E-state index in [9.17, 15) is 14.0 Å². The van der Waals surface area contributed by atoms with Crippen molar-refractivity contribution in [2.45, 2.75) is 0 Å². The van der Waals surface area contributed by atoms with E-state index in [1.54, 1.807) is 78.9 Å². The molecule has 0 spiro atoms. The maximum atomic E-state index is 14.6. The van der Waals surface area contributed by atoms with E-state index in [1.165, 1.54) is 12.1 Å². The van der Waals surface area contributed by atoms with E-state index < -0.39 is 17.8 Å². The third kappa shape index (κ3) is 11.6. The highest BCUT2D eigenvalue weighted by atomic mass is 19.1. The summed E-state index contributed by atoms with van der Waals surface area (Å²) in [4.78, 5) is 22.1. The fourth-order valence-electron chi connectivity index (χ4n) is 3.51. The number of hydrogen-bond donors (Lipinski definition) is 0. The van der Waals surface area contributed by atoms with Gasteiger partial charge in [-0.1, -0.05) is 13.2 Å². The largest absolute Gasteiger partial charge is 0.490 e. The number of halogens is 1. The molecule has 0 fully saturated rings. The second-order valence-corrected chi connectivity index (χ2v) is 9.18. The molecule has 47 heavy (non-hydrogen) atoms. The van der Waals surface area contributed by atoms with Crippen LogP contribution in [-0.2, 0) is 19.1 Å². The Morgan fingerprint density at radius 2 is 0.894 bits per heavy atom. The van der Waals surface area contributed by atoms with Crippen molar-refractivity contribution in [1.82, 2.24) is 0 Å². The van der Waals surface area contributed by atoms with Crippen LogP contribution in [0, 0.1) is 5.82 Å². The molecule has 0 aliphatic carbocycles. The highest BCUT2D eigenvalue weighted by Crippen LogP contribution is 2.28. The van der Waals surface area contributed by atoms with Crippen molar-refractivity contribution in [3.63, 3.8) is 0 Å². The van der Waals surface area contributed by atoms with Gasteiger partial charge in [0.1, 0.15) is 43.6 Å². The SMILES string of the molecule is C=CC(=O)OCCOc1ccc(N=Nc2ccc(N=Nc3ccc(N=Nc4ccc(OCCOC(=O)C=C)cc4)c(F)c3)cc2)cc1. The lowest BCUT2D eigenvalue weighted by Gasteiger charge is -2.06. The van der Waals surface area contributed by atoms with Gasteiger partial charge >= 0.3 is 11.9 Å². The normalized spacial score (nSPS) is 11.1. The molecule has 0 saturated heterocycles. The van der Waals surface area contributed by atoms with Crippen LogP contribution in [0.25, 0.3) is 0 Å². The monoisotopic (exact) mass is 636 g/mol. The lowest BCUT2D eigenvalue weighted by molar-refractivity contribution is -0.139. The summed E-state index contributed by atoms with van der Waals surface area (Å²) in [5.41, 5.74) is 2.59. The Kier molecular flexibility index (Phi) is 12.7. The summed E-state index contributed by atoms with van der Waals surface area (Å²) in [6.45, 7) is 7.26. The fraction of sp³-hybridized carbons (Fsp3) is 0.118. The summed E-state index contributed by atoms with van der Waals surface area (Å²) in [6.07, 6.45) is 2.17. The zero-order chi connectivity index (χ0) is 33.3. The van der Waals surface area contributed by atoms with Crippen LogP contribution in [0.3, 0.4) is 0 Å². The Morgan fingerprint density at radius 1 is 0.532 bits per heavy atom. The van der Waals surface area contributed by atoms with E-state index in [1.807, 2.05) is 0 Å². The third-order valence-electron chi connectivity index (χ3n) is 5.82. The second-order valence-electron chi connectivity index (χ2n) is 9.18. The van der Waals surface area contributed by atoms with Crippen molar-refractivity contribution < 1.29 is 32.9 Å². The van der Waals surface area contributed by atoms with Gasteiger partial charge in [0.2, 0.25) is 0 Å². The molecule has 4 aromatic carbocycles. The molecule has 0 aliphatic heterocycles. The van der Waals surface area contributed by atoms with E-state index in [4.69, 9.17) is 18.9 Å². The number of benzene rings is 4. The predicted molar refractivity (Wildman–Crippen MR) is 172 cm³/mol. The number of ether oxygens (including phenoxy) is 4. The molecule has 13 heteroatoms. The van der Waals surface area contributed by atoms with Crippen LogP contribution in [0.4, 0.5) is 38.5 Å². The molecular formula is C34H29FN6O6. The van der Waals surface area contributed by atoms with Crippen LogP contribution in [0.2, 0.25) is 0 Å². The molecule has 0 N–H and O–H groups in total. The van der Waals surface area contributed by atoms with Crippen LogP contribution in [0.15, 0.2) is 147 Å². The van der Waals surface area contributed by atoms with Gasteiger partial charge in [0.25, 0.3) is 0 Å². The average Bonchev–Trinajstić information content (AvgIpc) is 3.11. The number of carbonyl (C=O) groups excluding carboxylic acids is 2. The number of azo groups is 3. The molecule has 0 heterocycles. The van der Waals surface area contributed by atoms with E-state index in [0.29, 0.717) is 39.9 Å². The molecule has 4 rings (SSSR count). The Balaban J connectivity index is 1.24. The van der Waals surface area contributed by atoms with Gasteiger partial charge in [0.05, 0.1) is 28.4 Å². The highest BCUT2D eigenvalue weighted by molar-refractivity contribution is 5.81. The number of hydrogen-bond acceptors (Lipinski definition) is 12. The number of nitrogens with zero attached hydrogens (tertiary/aromatic N) is 6. The zero-order valence-corrected chi connectivity index (χ0v) is 25.1. The van der Waals surface area contributed by atoms with Gasteiger partial charge < -0.3 is 18.9 Å². The standard InChI is InChI=1S/C34H29FN6O6/c1-3-33(42)46-21-19-44-29-14-9-26(10-15-29)37-36-24-5-7-25(8-6-24)38-40-28-13-18-32(31(35)23-28)41-39-27-11-16-30(17-12-27)45-20-22-47-34(43)4-2/h3-18,23H,1-2,19-22H2. The number of carbonyl (C=O) groups is 2. The minimum absolute atomic E-state index is 0.0386. The first-order valence-corrected chi connectivity index (χ1v) is 14.1. The van der Waals surface area contributed by atoms with Gasteiger partial charge in [-0.25, -0.2) is 14.0 Å². The number of rotatable bonds is 16. The molecule has 0 atom stereocenters. The first-order chi connectivity index (χ1) is 22.9. The van der Waals surface area contributed by atoms with E-state index in [-0.39, 0.29) is 32.1 Å². The zero-order valence-electron chi connectivity index (χ0n) is 25.1. The van der Waals surface area contributed by atoms with Crippen molar-refractivity contribution in [2.24, 2.45) is 30.7 Å². The molecule has 238 valence electrons. The Hall–Kier alpha value is -6.37. The lowest BCUT2D eigenvalue weighted by atomic mass is 10.3. The minimum Gasteiger partial charge on any atom is -0.490 e. The van der Waals surface area contributed by atoms with Gasteiger partial charge in [-0.2, -0.15) is 25.6 Å². The highest BCUT2D eigenvalue weighted by Gasteiger charge is 2.04. The smallest absolute Gasteiger partial charge is 0.330 e. The topological polar surface area (TPSA) is 145 Å². The maximum Gasteiger partial charge on any atom is 0.330 e. The van der Waals surface area contributed by atoms with Gasteiger partial charge in [-0.05, 0) is 84.9 Å². The minimum atomic E-state index is -0.608. The van der Waals surface area contributed by atoms with Crippen molar-refractivity contribution in [2.75, 3.05) is 26.4 Å². The molecular weight excluding hydrogens is 607 g/mol. The van der Waals surface area contributed by atoms with E-state index in [0.717, 1.165) is 12.2 Å². The van der Waals surface area contributed by atoms with Crippen LogP contribution in [0.1, 0.15) is 0 Å². The first-order valence-electron chi connectivity index (χ1n) is 14.1. The lowest BCUT2D eigenvalue weighted by Crippen LogP contribution is -2.09. The van der Waals surface area contributed by atoms with Crippen molar-refractivity contribution in [3.05, 3.63) is 122 Å². The Bertz CT molecular complexity index is 1760. The molecule has 0 unspecified atom stereocenters. The molecule has 12 nitrogen and oxygen atoms in total. The van der Waals surface area contributed by atoms with Gasteiger partial charge in [-0.3, -0.25) is 0 Å². The molecule has 0 aromatic heterocycles. The summed E-state index contributed by atoms with van der Waals surface area (Å²) in [5.74, 6) is -0.473. The predicted octanol–water partition coefficient (Wildman–Crippen LogP) is 9.29. The van der Waals surface area contributed by atoms with Crippen molar-refractivity contribution in [3.8, 4) is 11.5 Å². The first kappa shape index (κ1) is 33.5. The molecule has 0 amide bonds. The molecule has 0 bridgehead atoms. The molecule has 4 aromatic rings. The van der Waals surface area contributed by atoms with Crippen molar-refractivity contribution >= 4 is 46.1 Å². The van der Waals surface area contributed by atoms with Crippen molar-refractivity contribution in [1.29, 1.82) is 0 Å². The third-order valence-corrected chi connectivity index (χ3v) is 5.82. The summed E-state index contributed by atoms with van der Waals surface area (Å²) in [7, 11) is 0. The Labute approximate surface area is 269 Å². The molecule has 0 radical (unpaired) electrons.